The molecule has 0 radical (unpaired) electrons. The maximum atomic E-state index is 13.3. The molecule has 6 N–H and O–H groups in total. The number of carboxylic acids is 1. The molecule has 2 aliphatic heterocycles. The first-order chi connectivity index (χ1) is 21.6. The molecule has 1 aromatic heterocycles. The normalized spacial score (nSPS) is 20.3. The lowest BCUT2D eigenvalue weighted by Gasteiger charge is -2.50. The topological polar surface area (TPSA) is 252 Å². The number of thiazole rings is 1. The molecular formula is C25H30ClN7O11S2. The van der Waals surface area contributed by atoms with Gasteiger partial charge in [-0.1, -0.05) is 28.1 Å². The minimum atomic E-state index is -5.04. The first-order valence-electron chi connectivity index (χ1n) is 13.5. The largest absolute Gasteiger partial charge is 0.489 e. The number of rotatable bonds is 14. The Balaban J connectivity index is 1.47. The van der Waals surface area contributed by atoms with E-state index in [-0.39, 0.29) is 27.0 Å². The van der Waals surface area contributed by atoms with Gasteiger partial charge in [0.1, 0.15) is 28.4 Å². The third-order valence-electron chi connectivity index (χ3n) is 7.02. The number of β-lactam (4-membered cyclic amide) rings is 1. The van der Waals surface area contributed by atoms with Gasteiger partial charge in [-0.15, -0.1) is 4.28 Å². The molecule has 2 aliphatic rings. The van der Waals surface area contributed by atoms with Crippen LogP contribution in [0.2, 0.25) is 4.34 Å². The van der Waals surface area contributed by atoms with Gasteiger partial charge in [0.25, 0.3) is 17.9 Å². The Labute approximate surface area is 271 Å². The number of nitrogens with zero attached hydrogens (tertiary/aromatic N) is 4. The molecule has 46 heavy (non-hydrogen) atoms. The quantitative estimate of drug-likeness (QED) is 0.0579. The molecule has 0 spiro atoms. The van der Waals surface area contributed by atoms with Crippen LogP contribution in [0.15, 0.2) is 29.4 Å². The molecule has 0 bridgehead atoms. The number of hydroxylamine groups is 2. The highest BCUT2D eigenvalue weighted by atomic mass is 35.5. The van der Waals surface area contributed by atoms with E-state index in [0.717, 1.165) is 37.1 Å². The van der Waals surface area contributed by atoms with Crippen molar-refractivity contribution < 1.29 is 51.1 Å². The summed E-state index contributed by atoms with van der Waals surface area (Å²) in [5.41, 5.74) is 3.91. The number of nitrogens with one attached hydrogen (secondary N) is 2. The van der Waals surface area contributed by atoms with Crippen LogP contribution in [0.25, 0.3) is 0 Å². The van der Waals surface area contributed by atoms with Gasteiger partial charge >= 0.3 is 16.4 Å². The SMILES string of the molecule is CC1(C)[C@H](NC(=O)/C(=N\O[C@@H](COc2ccc(N(C=O)[C@H]3CCCNC3)cc2)C(=O)O)c2nc(N)sc2Cl)C(=O)N1OS(=O)(=O)O. The number of oxime groups is 1. The number of hydrogen-bond acceptors (Lipinski definition) is 14. The van der Waals surface area contributed by atoms with E-state index in [1.807, 2.05) is 0 Å². The highest BCUT2D eigenvalue weighted by Gasteiger charge is 2.58. The summed E-state index contributed by atoms with van der Waals surface area (Å²) in [4.78, 5) is 60.2. The molecule has 1 aromatic carbocycles. The number of piperidine rings is 1. The fourth-order valence-corrected chi connectivity index (χ4v) is 6.04. The molecule has 2 fully saturated rings. The molecule has 3 heterocycles. The van der Waals surface area contributed by atoms with E-state index in [9.17, 15) is 32.7 Å². The van der Waals surface area contributed by atoms with Gasteiger partial charge in [0.05, 0.1) is 5.54 Å². The van der Waals surface area contributed by atoms with Crippen molar-refractivity contribution in [1.82, 2.24) is 20.7 Å². The van der Waals surface area contributed by atoms with Crippen molar-refractivity contribution in [2.45, 2.75) is 50.4 Å². The van der Waals surface area contributed by atoms with Crippen molar-refractivity contribution in [3.63, 3.8) is 0 Å². The predicted octanol–water partition coefficient (Wildman–Crippen LogP) is 0.186. The van der Waals surface area contributed by atoms with Crippen LogP contribution in [-0.2, 0) is 38.7 Å². The number of aliphatic carboxylic acids is 1. The fourth-order valence-electron chi connectivity index (χ4n) is 4.65. The lowest BCUT2D eigenvalue weighted by atomic mass is 9.84. The third kappa shape index (κ3) is 8.00. The van der Waals surface area contributed by atoms with Crippen molar-refractivity contribution in [3.8, 4) is 5.75 Å². The summed E-state index contributed by atoms with van der Waals surface area (Å²) in [5, 5.41) is 19.2. The van der Waals surface area contributed by atoms with E-state index in [1.165, 1.54) is 13.8 Å². The van der Waals surface area contributed by atoms with Crippen molar-refractivity contribution in [2.24, 2.45) is 5.16 Å². The van der Waals surface area contributed by atoms with E-state index >= 15 is 0 Å². The van der Waals surface area contributed by atoms with Crippen molar-refractivity contribution >= 4 is 74.1 Å². The summed E-state index contributed by atoms with van der Waals surface area (Å²) in [6.45, 7) is 3.64. The predicted molar refractivity (Wildman–Crippen MR) is 162 cm³/mol. The minimum absolute atomic E-state index is 0.00826. The number of aromatic nitrogens is 1. The van der Waals surface area contributed by atoms with Crippen molar-refractivity contribution in [3.05, 3.63) is 34.3 Å². The number of ether oxygens (including phenoxy) is 1. The zero-order chi connectivity index (χ0) is 33.8. The van der Waals surface area contributed by atoms with E-state index in [0.29, 0.717) is 17.3 Å². The van der Waals surface area contributed by atoms with Gasteiger partial charge in [0.2, 0.25) is 6.41 Å². The highest BCUT2D eigenvalue weighted by Crippen LogP contribution is 2.33. The molecule has 2 saturated heterocycles. The van der Waals surface area contributed by atoms with E-state index in [4.69, 9.17) is 31.5 Å². The van der Waals surface area contributed by atoms with Crippen LogP contribution in [0.5, 0.6) is 5.75 Å². The molecule has 0 unspecified atom stereocenters. The molecule has 0 aliphatic carbocycles. The zero-order valence-electron chi connectivity index (χ0n) is 24.3. The van der Waals surface area contributed by atoms with Crippen LogP contribution in [0.4, 0.5) is 10.8 Å². The Morgan fingerprint density at radius 1 is 1.37 bits per heavy atom. The van der Waals surface area contributed by atoms with Gasteiger partial charge in [-0.2, -0.15) is 13.5 Å². The Hall–Kier alpha value is -4.08. The number of halogens is 1. The number of nitrogens with two attached hydrogens (primary N) is 1. The average molecular weight is 704 g/mol. The van der Waals surface area contributed by atoms with Crippen LogP contribution >= 0.6 is 22.9 Å². The summed E-state index contributed by atoms with van der Waals surface area (Å²) in [6, 6.07) is 5.00. The summed E-state index contributed by atoms with van der Waals surface area (Å²) in [6.07, 6.45) is 0.775. The lowest BCUT2D eigenvalue weighted by molar-refractivity contribution is -0.218. The zero-order valence-corrected chi connectivity index (χ0v) is 26.7. The molecule has 18 nitrogen and oxygen atoms in total. The van der Waals surface area contributed by atoms with Crippen LogP contribution in [0.3, 0.4) is 0 Å². The molecule has 4 rings (SSSR count). The fraction of sp³-hybridized carbons (Fsp3) is 0.440. The smallest absolute Gasteiger partial charge is 0.418 e. The van der Waals surface area contributed by atoms with Crippen molar-refractivity contribution in [2.75, 3.05) is 30.3 Å². The molecule has 250 valence electrons. The Morgan fingerprint density at radius 3 is 2.59 bits per heavy atom. The number of benzene rings is 1. The number of carboxylic acid groups (broad SMARTS) is 1. The molecule has 3 atom stereocenters. The minimum Gasteiger partial charge on any atom is -0.489 e. The first kappa shape index (κ1) is 34.8. The van der Waals surface area contributed by atoms with Gasteiger partial charge in [-0.25, -0.2) is 9.78 Å². The third-order valence-corrected chi connectivity index (χ3v) is 8.44. The summed E-state index contributed by atoms with van der Waals surface area (Å²) in [5.74, 6) is -3.39. The second kappa shape index (κ2) is 14.1. The molecule has 21 heteroatoms. The number of nitrogen functional groups attached to an aromatic ring is 1. The van der Waals surface area contributed by atoms with Gasteiger partial charge in [-0.3, -0.25) is 18.9 Å². The van der Waals surface area contributed by atoms with E-state index in [2.05, 4.69) is 25.1 Å². The number of anilines is 2. The van der Waals surface area contributed by atoms with Gasteiger partial charge in [0.15, 0.2) is 10.8 Å². The van der Waals surface area contributed by atoms with Crippen LogP contribution in [0.1, 0.15) is 32.4 Å². The summed E-state index contributed by atoms with van der Waals surface area (Å²) < 4.78 is 40.9. The number of amides is 3. The maximum absolute atomic E-state index is 13.3. The van der Waals surface area contributed by atoms with Crippen LogP contribution < -0.4 is 26.0 Å². The molecule has 2 aromatic rings. The molecular weight excluding hydrogens is 674 g/mol. The first-order valence-corrected chi connectivity index (χ1v) is 16.1. The number of carbonyl (C=O) groups is 4. The summed E-state index contributed by atoms with van der Waals surface area (Å²) in [7, 11) is -5.04. The van der Waals surface area contributed by atoms with Gasteiger partial charge in [0, 0.05) is 18.3 Å². The molecule has 3 amide bonds. The number of hydrogen-bond donors (Lipinski definition) is 5. The van der Waals surface area contributed by atoms with Crippen molar-refractivity contribution in [1.29, 1.82) is 0 Å². The summed E-state index contributed by atoms with van der Waals surface area (Å²) >= 11 is 6.94. The maximum Gasteiger partial charge on any atom is 0.418 e. The number of carbonyl (C=O) groups excluding carboxylic acids is 3. The standard InChI is InChI=1S/C25H30ClN7O11S2/c1-25(2)19(22(36)33(25)44-46(39,40)41)30-21(35)18(17-20(26)45-24(27)29-17)31-43-16(23(37)38)11-42-15-7-5-13(6-8-15)32(12-34)14-4-3-9-28-10-14/h5-8,12,14,16,19,28H,3-4,9-11H2,1-2H3,(H2,27,29)(H,30,35)(H,37,38)(H,39,40,41)/b31-18-/t14-,16-,19+/m0/s1. The monoisotopic (exact) mass is 703 g/mol. The van der Waals surface area contributed by atoms with Gasteiger partial charge < -0.3 is 35.9 Å². The Bertz CT molecular complexity index is 1610. The van der Waals surface area contributed by atoms with E-state index < -0.39 is 58.2 Å². The second-order valence-electron chi connectivity index (χ2n) is 10.6. The second-order valence-corrected chi connectivity index (χ2v) is 13.2. The average Bonchev–Trinajstić information content (AvgIpc) is 3.34. The van der Waals surface area contributed by atoms with Gasteiger partial charge in [-0.05, 0) is 57.5 Å². The van der Waals surface area contributed by atoms with Crippen LogP contribution in [-0.4, -0.2) is 101 Å². The van der Waals surface area contributed by atoms with Crippen LogP contribution in [0, 0.1) is 0 Å². The molecule has 0 saturated carbocycles. The Kier molecular flexibility index (Phi) is 10.7. The lowest BCUT2D eigenvalue weighted by Crippen LogP contribution is -2.76. The van der Waals surface area contributed by atoms with E-state index in [1.54, 1.807) is 29.2 Å². The highest BCUT2D eigenvalue weighted by molar-refractivity contribution is 7.80. The Morgan fingerprint density at radius 2 is 2.07 bits per heavy atom.